The third-order valence-corrected chi connectivity index (χ3v) is 5.56. The monoisotopic (exact) mass is 345 g/mol. The summed E-state index contributed by atoms with van der Waals surface area (Å²) in [7, 11) is 0. The van der Waals surface area contributed by atoms with Crippen LogP contribution in [0, 0.1) is 0 Å². The molecule has 0 saturated carbocycles. The molecule has 2 aromatic rings. The van der Waals surface area contributed by atoms with Crippen LogP contribution in [0.2, 0.25) is 0 Å². The van der Waals surface area contributed by atoms with Gasteiger partial charge in [-0.15, -0.1) is 0 Å². The number of piperidine rings is 1. The van der Waals surface area contributed by atoms with E-state index in [1.165, 1.54) is 33.4 Å². The number of carboxylic acid groups (broad SMARTS) is 1. The second-order valence-electron chi connectivity index (χ2n) is 7.04. The Morgan fingerprint density at radius 1 is 0.923 bits per heavy atom. The average molecular weight is 345 g/mol. The molecule has 3 heteroatoms. The van der Waals surface area contributed by atoms with E-state index in [1.54, 1.807) is 6.92 Å². The molecule has 1 N–H and O–H groups in total. The van der Waals surface area contributed by atoms with Crippen molar-refractivity contribution >= 4 is 23.7 Å². The summed E-state index contributed by atoms with van der Waals surface area (Å²) in [6.45, 7) is 3.37. The summed E-state index contributed by atoms with van der Waals surface area (Å²) < 4.78 is 0. The van der Waals surface area contributed by atoms with Gasteiger partial charge in [-0.2, -0.15) is 0 Å². The number of rotatable bonds is 2. The Balaban J connectivity index is 1.78. The normalized spacial score (nSPS) is 18.0. The highest BCUT2D eigenvalue weighted by Crippen LogP contribution is 2.38. The minimum atomic E-state index is -0.740. The fraction of sp³-hybridized carbons (Fsp3) is 0.261. The van der Waals surface area contributed by atoms with E-state index in [1.807, 2.05) is 0 Å². The van der Waals surface area contributed by atoms with Crippen LogP contribution in [0.25, 0.3) is 17.7 Å². The lowest BCUT2D eigenvalue weighted by atomic mass is 9.86. The van der Waals surface area contributed by atoms with Crippen LogP contribution in [0.4, 0.5) is 0 Å². The summed E-state index contributed by atoms with van der Waals surface area (Å²) in [5.74, 6) is -0.740. The van der Waals surface area contributed by atoms with E-state index < -0.39 is 12.0 Å². The first kappa shape index (κ1) is 16.8. The summed E-state index contributed by atoms with van der Waals surface area (Å²) in [6.07, 6.45) is 6.22. The van der Waals surface area contributed by atoms with E-state index in [0.717, 1.165) is 25.9 Å². The van der Waals surface area contributed by atoms with E-state index in [0.29, 0.717) is 0 Å². The van der Waals surface area contributed by atoms with E-state index in [-0.39, 0.29) is 0 Å². The zero-order valence-corrected chi connectivity index (χ0v) is 15.0. The summed E-state index contributed by atoms with van der Waals surface area (Å²) in [5, 5.41) is 9.28. The molecule has 0 amide bonds. The van der Waals surface area contributed by atoms with Gasteiger partial charge in [0, 0.05) is 13.1 Å². The largest absolute Gasteiger partial charge is 0.480 e. The molecule has 0 radical (unpaired) electrons. The van der Waals surface area contributed by atoms with Crippen LogP contribution in [0.5, 0.6) is 0 Å². The van der Waals surface area contributed by atoms with Gasteiger partial charge in [0.2, 0.25) is 0 Å². The zero-order chi connectivity index (χ0) is 18.1. The number of carbonyl (C=O) groups is 1. The number of carboxylic acids is 1. The Morgan fingerprint density at radius 3 is 1.92 bits per heavy atom. The Morgan fingerprint density at radius 2 is 1.42 bits per heavy atom. The standard InChI is InChI=1S/C23H23NO2/c1-16(23(25)26)24-14-12-19(13-15-24)22-20-8-4-2-6-17(20)10-11-18-7-3-5-9-21(18)22/h2-11,16H,12-15H2,1H3,(H,25,26). The van der Waals surface area contributed by atoms with Crippen molar-refractivity contribution in [1.29, 1.82) is 0 Å². The molecule has 0 spiro atoms. The van der Waals surface area contributed by atoms with Crippen molar-refractivity contribution in [2.45, 2.75) is 25.8 Å². The Labute approximate surface area is 154 Å². The number of benzene rings is 2. The van der Waals surface area contributed by atoms with Gasteiger partial charge in [0.1, 0.15) is 6.04 Å². The molecule has 1 fully saturated rings. The van der Waals surface area contributed by atoms with Crippen molar-refractivity contribution in [3.05, 3.63) is 76.4 Å². The van der Waals surface area contributed by atoms with Gasteiger partial charge in [-0.25, -0.2) is 0 Å². The van der Waals surface area contributed by atoms with Gasteiger partial charge in [0.05, 0.1) is 0 Å². The summed E-state index contributed by atoms with van der Waals surface area (Å²) >= 11 is 0. The first-order valence-corrected chi connectivity index (χ1v) is 9.21. The quantitative estimate of drug-likeness (QED) is 0.741. The highest BCUT2D eigenvalue weighted by atomic mass is 16.4. The molecule has 132 valence electrons. The van der Waals surface area contributed by atoms with Crippen LogP contribution in [0.15, 0.2) is 54.1 Å². The average Bonchev–Trinajstić information content (AvgIpc) is 2.84. The molecular weight excluding hydrogens is 322 g/mol. The Kier molecular flexibility index (Phi) is 4.48. The van der Waals surface area contributed by atoms with Crippen molar-refractivity contribution in [1.82, 2.24) is 4.90 Å². The predicted molar refractivity (Wildman–Crippen MR) is 106 cm³/mol. The highest BCUT2D eigenvalue weighted by molar-refractivity contribution is 5.94. The number of fused-ring (bicyclic) bond motifs is 2. The maximum atomic E-state index is 11.3. The topological polar surface area (TPSA) is 40.5 Å². The molecule has 0 bridgehead atoms. The molecule has 3 nitrogen and oxygen atoms in total. The van der Waals surface area contributed by atoms with E-state index in [2.05, 4.69) is 65.6 Å². The van der Waals surface area contributed by atoms with Crippen molar-refractivity contribution in [2.24, 2.45) is 0 Å². The molecule has 2 aliphatic rings. The van der Waals surface area contributed by atoms with Gasteiger partial charge in [-0.1, -0.05) is 66.3 Å². The highest BCUT2D eigenvalue weighted by Gasteiger charge is 2.26. The number of hydrogen-bond acceptors (Lipinski definition) is 2. The second-order valence-corrected chi connectivity index (χ2v) is 7.04. The molecule has 1 saturated heterocycles. The number of likely N-dealkylation sites (tertiary alicyclic amines) is 1. The zero-order valence-electron chi connectivity index (χ0n) is 15.0. The van der Waals surface area contributed by atoms with Gasteiger partial charge in [0.15, 0.2) is 0 Å². The summed E-state index contributed by atoms with van der Waals surface area (Å²) in [6, 6.07) is 16.7. The Hall–Kier alpha value is -2.65. The number of aliphatic carboxylic acids is 1. The molecule has 1 heterocycles. The summed E-state index contributed by atoms with van der Waals surface area (Å²) in [5.41, 5.74) is 7.82. The maximum Gasteiger partial charge on any atom is 0.320 e. The fourth-order valence-electron chi connectivity index (χ4n) is 4.03. The van der Waals surface area contributed by atoms with E-state index >= 15 is 0 Å². The molecule has 0 aromatic heterocycles. The lowest BCUT2D eigenvalue weighted by molar-refractivity contribution is -0.142. The first-order chi connectivity index (χ1) is 12.6. The van der Waals surface area contributed by atoms with Gasteiger partial charge in [0.25, 0.3) is 0 Å². The third-order valence-electron chi connectivity index (χ3n) is 5.56. The van der Waals surface area contributed by atoms with Gasteiger partial charge in [-0.05, 0) is 47.6 Å². The van der Waals surface area contributed by atoms with Crippen LogP contribution in [0.1, 0.15) is 42.0 Å². The first-order valence-electron chi connectivity index (χ1n) is 9.21. The fourth-order valence-corrected chi connectivity index (χ4v) is 4.03. The van der Waals surface area contributed by atoms with Crippen LogP contribution in [-0.4, -0.2) is 35.1 Å². The van der Waals surface area contributed by atoms with Crippen molar-refractivity contribution < 1.29 is 9.90 Å². The van der Waals surface area contributed by atoms with Gasteiger partial charge >= 0.3 is 5.97 Å². The Bertz CT molecular complexity index is 848. The van der Waals surface area contributed by atoms with Crippen LogP contribution < -0.4 is 0 Å². The third kappa shape index (κ3) is 2.99. The van der Waals surface area contributed by atoms with Crippen LogP contribution in [0.3, 0.4) is 0 Å². The minimum absolute atomic E-state index is 0.420. The second kappa shape index (κ2) is 6.93. The van der Waals surface area contributed by atoms with Gasteiger partial charge < -0.3 is 5.11 Å². The minimum Gasteiger partial charge on any atom is -0.480 e. The lowest BCUT2D eigenvalue weighted by Gasteiger charge is -2.32. The molecule has 2 aromatic carbocycles. The van der Waals surface area contributed by atoms with Crippen molar-refractivity contribution in [2.75, 3.05) is 13.1 Å². The van der Waals surface area contributed by atoms with E-state index in [4.69, 9.17) is 0 Å². The molecule has 26 heavy (non-hydrogen) atoms. The smallest absolute Gasteiger partial charge is 0.320 e. The SMILES string of the molecule is CC(C(=O)O)N1CCC(=C2c3ccccc3C=Cc3ccccc32)CC1. The molecule has 1 unspecified atom stereocenters. The van der Waals surface area contributed by atoms with Crippen molar-refractivity contribution in [3.8, 4) is 0 Å². The molecule has 4 rings (SSSR count). The number of nitrogens with zero attached hydrogens (tertiary/aromatic N) is 1. The van der Waals surface area contributed by atoms with Crippen LogP contribution in [-0.2, 0) is 4.79 Å². The van der Waals surface area contributed by atoms with Crippen LogP contribution >= 0.6 is 0 Å². The molecular formula is C23H23NO2. The lowest BCUT2D eigenvalue weighted by Crippen LogP contribution is -2.42. The molecule has 1 atom stereocenters. The molecule has 1 aliphatic carbocycles. The molecule has 1 aliphatic heterocycles. The van der Waals surface area contributed by atoms with Crippen molar-refractivity contribution in [3.63, 3.8) is 0 Å². The predicted octanol–water partition coefficient (Wildman–Crippen LogP) is 4.54. The number of hydrogen-bond donors (Lipinski definition) is 1. The summed E-state index contributed by atoms with van der Waals surface area (Å²) in [4.78, 5) is 13.4. The van der Waals surface area contributed by atoms with Gasteiger partial charge in [-0.3, -0.25) is 9.69 Å². The van der Waals surface area contributed by atoms with E-state index in [9.17, 15) is 9.90 Å². The maximum absolute atomic E-state index is 11.3.